The van der Waals surface area contributed by atoms with Crippen molar-refractivity contribution in [1.82, 2.24) is 0 Å². The molecule has 0 amide bonds. The van der Waals surface area contributed by atoms with Crippen LogP contribution in [0, 0.1) is 17.0 Å². The average Bonchev–Trinajstić information content (AvgIpc) is 2.70. The Morgan fingerprint density at radius 3 is 2.26 bits per heavy atom. The maximum absolute atomic E-state index is 12.7. The number of alkyl halides is 3. The van der Waals surface area contributed by atoms with Gasteiger partial charge in [0.2, 0.25) is 0 Å². The Hall–Kier alpha value is -3.15. The van der Waals surface area contributed by atoms with E-state index in [1.54, 1.807) is 6.92 Å². The monoisotopic (exact) mass is 461 g/mol. The minimum atomic E-state index is -5.60. The first-order chi connectivity index (χ1) is 14.4. The topological polar surface area (TPSA) is 111 Å². The van der Waals surface area contributed by atoms with Crippen molar-refractivity contribution < 1.29 is 31.3 Å². The summed E-state index contributed by atoms with van der Waals surface area (Å²) in [6.45, 7) is 7.07. The lowest BCUT2D eigenvalue weighted by Crippen LogP contribution is -2.30. The molecule has 0 aliphatic heterocycles. The van der Waals surface area contributed by atoms with E-state index in [9.17, 15) is 31.7 Å². The summed E-state index contributed by atoms with van der Waals surface area (Å²) in [6, 6.07) is 9.63. The molecule has 0 bridgehead atoms. The molecular formula is C19H22F3N3O5S. The number of nitrogens with zero attached hydrogens (tertiary/aromatic N) is 2. The van der Waals surface area contributed by atoms with E-state index in [0.717, 1.165) is 0 Å². The molecule has 0 spiro atoms. The smallest absolute Gasteiger partial charge is 0.391 e. The number of aryl methyl sites for hydroxylation is 1. The molecule has 0 heterocycles. The van der Waals surface area contributed by atoms with E-state index < -0.39 is 20.5 Å². The number of nitrogens with one attached hydrogen (secondary N) is 1. The van der Waals surface area contributed by atoms with E-state index in [-0.39, 0.29) is 29.3 Å². The summed E-state index contributed by atoms with van der Waals surface area (Å²) in [5.74, 6) is 0. The molecule has 8 nitrogen and oxygen atoms in total. The van der Waals surface area contributed by atoms with Gasteiger partial charge in [-0.3, -0.25) is 14.8 Å². The number of oxime groups is 1. The second-order valence-corrected chi connectivity index (χ2v) is 7.65. The predicted octanol–water partition coefficient (Wildman–Crippen LogP) is 5.13. The first kappa shape index (κ1) is 25.9. The van der Waals surface area contributed by atoms with Gasteiger partial charge in [-0.1, -0.05) is 30.6 Å². The molecular weight excluding hydrogens is 439 g/mol. The van der Waals surface area contributed by atoms with Crippen molar-refractivity contribution in [3.63, 3.8) is 0 Å². The summed E-state index contributed by atoms with van der Waals surface area (Å²) >= 11 is 0. The van der Waals surface area contributed by atoms with Gasteiger partial charge in [-0.15, -0.1) is 0 Å². The summed E-state index contributed by atoms with van der Waals surface area (Å²) in [5, 5.41) is 14.4. The van der Waals surface area contributed by atoms with Crippen molar-refractivity contribution in [2.24, 2.45) is 5.16 Å². The Labute approximate surface area is 177 Å². The molecule has 2 rings (SSSR count). The molecule has 0 fully saturated rings. The van der Waals surface area contributed by atoms with Gasteiger partial charge in [0, 0.05) is 17.7 Å². The van der Waals surface area contributed by atoms with Gasteiger partial charge in [0.15, 0.2) is 0 Å². The van der Waals surface area contributed by atoms with Crippen LogP contribution in [0.15, 0.2) is 47.6 Å². The molecule has 2 aromatic rings. The molecule has 0 radical (unpaired) electrons. The Kier molecular flexibility index (Phi) is 8.98. The number of rotatable bonds is 7. The van der Waals surface area contributed by atoms with Crippen LogP contribution in [0.2, 0.25) is 0 Å². The van der Waals surface area contributed by atoms with Gasteiger partial charge in [0.1, 0.15) is 6.61 Å². The van der Waals surface area contributed by atoms with Crippen LogP contribution < -0.4 is 4.72 Å². The SMILES string of the molecule is C/C(=N\OCc1ccc([N+](=O)[O-])cc1)c1cc(C)ccc1NS(=O)(=O)C(F)(F)F.CC. The van der Waals surface area contributed by atoms with Crippen LogP contribution in [0.5, 0.6) is 0 Å². The zero-order valence-electron chi connectivity index (χ0n) is 17.2. The first-order valence-electron chi connectivity index (χ1n) is 9.01. The molecule has 0 unspecified atom stereocenters. The van der Waals surface area contributed by atoms with Crippen LogP contribution in [-0.2, 0) is 21.5 Å². The van der Waals surface area contributed by atoms with Crippen LogP contribution in [0.1, 0.15) is 37.5 Å². The Balaban J connectivity index is 0.00000233. The molecule has 1 N–H and O–H groups in total. The van der Waals surface area contributed by atoms with Gasteiger partial charge >= 0.3 is 15.5 Å². The summed E-state index contributed by atoms with van der Waals surface area (Å²) in [7, 11) is -5.60. The second-order valence-electron chi connectivity index (χ2n) is 5.97. The molecule has 12 heteroatoms. The maximum atomic E-state index is 12.7. The van der Waals surface area contributed by atoms with E-state index in [4.69, 9.17) is 4.84 Å². The number of nitro groups is 1. The highest BCUT2D eigenvalue weighted by atomic mass is 32.2. The lowest BCUT2D eigenvalue weighted by Gasteiger charge is -2.14. The van der Waals surface area contributed by atoms with E-state index in [0.29, 0.717) is 11.1 Å². The van der Waals surface area contributed by atoms with E-state index in [1.165, 1.54) is 54.1 Å². The largest absolute Gasteiger partial charge is 0.516 e. The highest BCUT2D eigenvalue weighted by Crippen LogP contribution is 2.28. The Bertz CT molecular complexity index is 1040. The number of anilines is 1. The van der Waals surface area contributed by atoms with Crippen LogP contribution in [0.4, 0.5) is 24.5 Å². The number of halogens is 3. The van der Waals surface area contributed by atoms with Crippen molar-refractivity contribution in [2.45, 2.75) is 39.8 Å². The van der Waals surface area contributed by atoms with Crippen molar-refractivity contribution in [1.29, 1.82) is 0 Å². The quantitative estimate of drug-likeness (QED) is 0.349. The molecule has 0 aromatic heterocycles. The van der Waals surface area contributed by atoms with Crippen molar-refractivity contribution in [2.75, 3.05) is 4.72 Å². The van der Waals surface area contributed by atoms with Gasteiger partial charge in [0.05, 0.1) is 16.3 Å². The van der Waals surface area contributed by atoms with Crippen LogP contribution in [-0.4, -0.2) is 24.6 Å². The van der Waals surface area contributed by atoms with E-state index >= 15 is 0 Å². The highest BCUT2D eigenvalue weighted by molar-refractivity contribution is 7.93. The van der Waals surface area contributed by atoms with Gasteiger partial charge < -0.3 is 4.84 Å². The van der Waals surface area contributed by atoms with Gasteiger partial charge in [0.25, 0.3) is 5.69 Å². The third-order valence-corrected chi connectivity index (χ3v) is 4.79. The molecule has 0 aliphatic carbocycles. The van der Waals surface area contributed by atoms with Gasteiger partial charge in [-0.25, -0.2) is 0 Å². The summed E-state index contributed by atoms with van der Waals surface area (Å²) < 4.78 is 62.3. The van der Waals surface area contributed by atoms with Crippen LogP contribution >= 0.6 is 0 Å². The van der Waals surface area contributed by atoms with Crippen molar-refractivity contribution in [3.05, 3.63) is 69.3 Å². The van der Waals surface area contributed by atoms with E-state index in [1.807, 2.05) is 13.8 Å². The number of sulfonamides is 1. The molecule has 0 saturated carbocycles. The standard InChI is InChI=1S/C17H16F3N3O5S.C2H6/c1-11-3-8-16(22-29(26,27)17(18,19)20)15(9-11)12(2)21-28-10-13-4-6-14(7-5-13)23(24)25;1-2/h3-9,22H,10H2,1-2H3;1-2H3/b21-12+;. The number of benzene rings is 2. The summed E-state index contributed by atoms with van der Waals surface area (Å²) in [5.41, 5.74) is -4.36. The van der Waals surface area contributed by atoms with Crippen molar-refractivity contribution >= 4 is 27.1 Å². The third kappa shape index (κ3) is 7.24. The molecule has 0 atom stereocenters. The maximum Gasteiger partial charge on any atom is 0.516 e. The van der Waals surface area contributed by atoms with E-state index in [2.05, 4.69) is 5.16 Å². The number of nitro benzene ring substituents is 1. The van der Waals surface area contributed by atoms with Crippen molar-refractivity contribution in [3.8, 4) is 0 Å². The van der Waals surface area contributed by atoms with Gasteiger partial charge in [-0.05, 0) is 43.7 Å². The normalized spacial score (nSPS) is 11.9. The second kappa shape index (κ2) is 10.8. The molecule has 0 aliphatic rings. The fraction of sp³-hybridized carbons (Fsp3) is 0.316. The minimum absolute atomic E-state index is 0.0508. The lowest BCUT2D eigenvalue weighted by atomic mass is 10.1. The number of hydrogen-bond donors (Lipinski definition) is 1. The summed E-state index contributed by atoms with van der Waals surface area (Å²) in [6.07, 6.45) is 0. The predicted molar refractivity (Wildman–Crippen MR) is 111 cm³/mol. The lowest BCUT2D eigenvalue weighted by molar-refractivity contribution is -0.384. The molecule has 31 heavy (non-hydrogen) atoms. The van der Waals surface area contributed by atoms with Crippen LogP contribution in [0.3, 0.4) is 0 Å². The Morgan fingerprint density at radius 2 is 1.74 bits per heavy atom. The third-order valence-electron chi connectivity index (χ3n) is 3.69. The van der Waals surface area contributed by atoms with Gasteiger partial charge in [-0.2, -0.15) is 21.6 Å². The zero-order valence-corrected chi connectivity index (χ0v) is 18.0. The molecule has 2 aromatic carbocycles. The van der Waals surface area contributed by atoms with Crippen LogP contribution in [0.25, 0.3) is 0 Å². The number of hydrogen-bond acceptors (Lipinski definition) is 6. The zero-order chi connectivity index (χ0) is 23.8. The average molecular weight is 461 g/mol. The fourth-order valence-corrected chi connectivity index (χ4v) is 2.80. The molecule has 0 saturated heterocycles. The highest BCUT2D eigenvalue weighted by Gasteiger charge is 2.46. The summed E-state index contributed by atoms with van der Waals surface area (Å²) in [4.78, 5) is 15.2. The molecule has 170 valence electrons. The first-order valence-corrected chi connectivity index (χ1v) is 10.5. The Morgan fingerprint density at radius 1 is 1.16 bits per heavy atom. The number of non-ortho nitro benzene ring substituents is 1. The minimum Gasteiger partial charge on any atom is -0.391 e. The fourth-order valence-electron chi connectivity index (χ4n) is 2.22.